The molecule has 2 unspecified atom stereocenters. The van der Waals surface area contributed by atoms with Gasteiger partial charge in [-0.05, 0) is 13.8 Å². The van der Waals surface area contributed by atoms with Crippen LogP contribution in [0.25, 0.3) is 0 Å². The second-order valence-electron chi connectivity index (χ2n) is 4.68. The van der Waals surface area contributed by atoms with Crippen LogP contribution in [0.2, 0.25) is 0 Å². The number of hydrogen-bond donors (Lipinski definition) is 1. The zero-order valence-electron chi connectivity index (χ0n) is 10.7. The molecule has 18 heavy (non-hydrogen) atoms. The number of aryl methyl sites for hydroxylation is 1. The average Bonchev–Trinajstić information content (AvgIpc) is 2.77. The lowest BCUT2D eigenvalue weighted by Crippen LogP contribution is -2.55. The van der Waals surface area contributed by atoms with Crippen LogP contribution < -0.4 is 5.32 Å². The van der Waals surface area contributed by atoms with E-state index >= 15 is 0 Å². The average molecular weight is 274 g/mol. The fraction of sp³-hybridized carbons (Fsp3) is 0.727. The first-order valence-electron chi connectivity index (χ1n) is 6.01. The van der Waals surface area contributed by atoms with Gasteiger partial charge < -0.3 is 10.2 Å². The highest BCUT2D eigenvalue weighted by atomic mass is 35.5. The van der Waals surface area contributed by atoms with Crippen LogP contribution in [0.5, 0.6) is 0 Å². The van der Waals surface area contributed by atoms with Crippen molar-refractivity contribution in [3.8, 4) is 0 Å². The molecule has 1 aromatic rings. The molecular weight excluding hydrogens is 254 g/mol. The second-order valence-corrected chi connectivity index (χ2v) is 4.68. The first-order chi connectivity index (χ1) is 8.15. The van der Waals surface area contributed by atoms with Gasteiger partial charge in [0.25, 0.3) is 0 Å². The molecule has 0 radical (unpaired) electrons. The van der Waals surface area contributed by atoms with Crippen molar-refractivity contribution in [1.29, 1.82) is 0 Å². The lowest BCUT2D eigenvalue weighted by atomic mass is 10.1. The van der Waals surface area contributed by atoms with E-state index in [2.05, 4.69) is 29.2 Å². The molecule has 2 heterocycles. The SMILES string of the molecule is CC1CN(C(=O)CCn2cncn2)CC(C)N1.Cl. The Hall–Kier alpha value is -1.14. The smallest absolute Gasteiger partial charge is 0.224 e. The van der Waals surface area contributed by atoms with Gasteiger partial charge in [-0.3, -0.25) is 9.48 Å². The van der Waals surface area contributed by atoms with Crippen molar-refractivity contribution >= 4 is 18.3 Å². The van der Waals surface area contributed by atoms with Gasteiger partial charge in [0, 0.05) is 31.6 Å². The maximum absolute atomic E-state index is 12.0. The summed E-state index contributed by atoms with van der Waals surface area (Å²) in [6.45, 7) is 6.40. The number of carbonyl (C=O) groups is 1. The van der Waals surface area contributed by atoms with Crippen molar-refractivity contribution in [2.75, 3.05) is 13.1 Å². The zero-order chi connectivity index (χ0) is 12.3. The second kappa shape index (κ2) is 6.70. The standard InChI is InChI=1S/C11H19N5O.ClH/c1-9-5-15(6-10(2)14-9)11(17)3-4-16-8-12-7-13-16;/h7-10,14H,3-6H2,1-2H3;1H. The Morgan fingerprint density at radius 2 is 2.06 bits per heavy atom. The van der Waals surface area contributed by atoms with Crippen molar-refractivity contribution in [2.24, 2.45) is 0 Å². The molecule has 1 fully saturated rings. The largest absolute Gasteiger partial charge is 0.340 e. The Balaban J connectivity index is 0.00000162. The summed E-state index contributed by atoms with van der Waals surface area (Å²) in [5.74, 6) is 0.195. The van der Waals surface area contributed by atoms with Crippen molar-refractivity contribution in [1.82, 2.24) is 25.0 Å². The number of nitrogens with zero attached hydrogens (tertiary/aromatic N) is 4. The van der Waals surface area contributed by atoms with Crippen LogP contribution in [0.15, 0.2) is 12.7 Å². The third-order valence-electron chi connectivity index (χ3n) is 2.93. The molecule has 0 aliphatic carbocycles. The summed E-state index contributed by atoms with van der Waals surface area (Å²) in [6, 6.07) is 0.739. The van der Waals surface area contributed by atoms with E-state index in [0.29, 0.717) is 25.0 Å². The topological polar surface area (TPSA) is 63.1 Å². The summed E-state index contributed by atoms with van der Waals surface area (Å²) in [6.07, 6.45) is 3.61. The van der Waals surface area contributed by atoms with E-state index in [4.69, 9.17) is 0 Å². The van der Waals surface area contributed by atoms with E-state index in [1.165, 1.54) is 6.33 Å². The van der Waals surface area contributed by atoms with Crippen LogP contribution in [-0.2, 0) is 11.3 Å². The van der Waals surface area contributed by atoms with Crippen LogP contribution in [0.3, 0.4) is 0 Å². The highest BCUT2D eigenvalue weighted by molar-refractivity contribution is 5.85. The Morgan fingerprint density at radius 1 is 1.39 bits per heavy atom. The lowest BCUT2D eigenvalue weighted by Gasteiger charge is -2.36. The van der Waals surface area contributed by atoms with Gasteiger partial charge in [0.15, 0.2) is 0 Å². The molecule has 0 aromatic carbocycles. The number of aromatic nitrogens is 3. The molecule has 1 aliphatic rings. The molecule has 1 aliphatic heterocycles. The number of hydrogen-bond acceptors (Lipinski definition) is 4. The molecule has 0 saturated carbocycles. The van der Waals surface area contributed by atoms with Gasteiger partial charge in [0.2, 0.25) is 5.91 Å². The minimum Gasteiger partial charge on any atom is -0.340 e. The number of nitrogens with one attached hydrogen (secondary N) is 1. The van der Waals surface area contributed by atoms with E-state index in [9.17, 15) is 4.79 Å². The maximum atomic E-state index is 12.0. The molecule has 1 amide bonds. The number of carbonyl (C=O) groups excluding carboxylic acids is 1. The first-order valence-corrected chi connectivity index (χ1v) is 6.01. The van der Waals surface area contributed by atoms with Crippen LogP contribution in [0, 0.1) is 0 Å². The zero-order valence-corrected chi connectivity index (χ0v) is 11.6. The van der Waals surface area contributed by atoms with E-state index in [0.717, 1.165) is 13.1 Å². The fourth-order valence-electron chi connectivity index (χ4n) is 2.25. The first kappa shape index (κ1) is 14.9. The lowest BCUT2D eigenvalue weighted by molar-refractivity contribution is -0.133. The van der Waals surface area contributed by atoms with Gasteiger partial charge in [-0.2, -0.15) is 5.10 Å². The summed E-state index contributed by atoms with van der Waals surface area (Å²) in [5.41, 5.74) is 0. The predicted octanol–water partition coefficient (Wildman–Crippen LogP) is 0.299. The van der Waals surface area contributed by atoms with E-state index in [1.54, 1.807) is 11.0 Å². The highest BCUT2D eigenvalue weighted by Gasteiger charge is 2.24. The maximum Gasteiger partial charge on any atom is 0.224 e. The summed E-state index contributed by atoms with van der Waals surface area (Å²) in [5, 5.41) is 7.40. The Labute approximate surface area is 113 Å². The fourth-order valence-corrected chi connectivity index (χ4v) is 2.25. The van der Waals surface area contributed by atoms with Crippen LogP contribution >= 0.6 is 12.4 Å². The van der Waals surface area contributed by atoms with Gasteiger partial charge in [-0.15, -0.1) is 12.4 Å². The Morgan fingerprint density at radius 3 is 2.61 bits per heavy atom. The molecule has 1 aromatic heterocycles. The molecule has 6 nitrogen and oxygen atoms in total. The van der Waals surface area contributed by atoms with Crippen molar-refractivity contribution in [3.63, 3.8) is 0 Å². The summed E-state index contributed by atoms with van der Waals surface area (Å²) in [4.78, 5) is 17.8. The summed E-state index contributed by atoms with van der Waals surface area (Å²) < 4.78 is 1.69. The number of piperazine rings is 1. The predicted molar refractivity (Wildman–Crippen MR) is 70.5 cm³/mol. The van der Waals surface area contributed by atoms with Gasteiger partial charge >= 0.3 is 0 Å². The number of amides is 1. The van der Waals surface area contributed by atoms with E-state index < -0.39 is 0 Å². The Bertz CT molecular complexity index is 360. The summed E-state index contributed by atoms with van der Waals surface area (Å²) in [7, 11) is 0. The highest BCUT2D eigenvalue weighted by Crippen LogP contribution is 2.06. The van der Waals surface area contributed by atoms with Gasteiger partial charge in [-0.25, -0.2) is 4.98 Å². The Kier molecular flexibility index (Phi) is 5.55. The molecule has 0 spiro atoms. The van der Waals surface area contributed by atoms with Crippen molar-refractivity contribution in [3.05, 3.63) is 12.7 Å². The number of halogens is 1. The van der Waals surface area contributed by atoms with E-state index in [1.807, 2.05) is 4.90 Å². The molecule has 0 bridgehead atoms. The molecule has 2 rings (SSSR count). The normalized spacial score (nSPS) is 23.6. The summed E-state index contributed by atoms with van der Waals surface area (Å²) >= 11 is 0. The monoisotopic (exact) mass is 273 g/mol. The molecule has 102 valence electrons. The molecule has 1 N–H and O–H groups in total. The molecule has 7 heteroatoms. The quantitative estimate of drug-likeness (QED) is 0.860. The van der Waals surface area contributed by atoms with Crippen molar-refractivity contribution in [2.45, 2.75) is 38.9 Å². The molecular formula is C11H20ClN5O. The van der Waals surface area contributed by atoms with Gasteiger partial charge in [0.05, 0.1) is 6.54 Å². The minimum absolute atomic E-state index is 0. The number of rotatable bonds is 3. The van der Waals surface area contributed by atoms with Crippen LogP contribution in [0.4, 0.5) is 0 Å². The van der Waals surface area contributed by atoms with Crippen molar-refractivity contribution < 1.29 is 4.79 Å². The van der Waals surface area contributed by atoms with Crippen LogP contribution in [-0.4, -0.2) is 50.7 Å². The third kappa shape index (κ3) is 3.96. The third-order valence-corrected chi connectivity index (χ3v) is 2.93. The van der Waals surface area contributed by atoms with Crippen LogP contribution in [0.1, 0.15) is 20.3 Å². The minimum atomic E-state index is 0. The van der Waals surface area contributed by atoms with Gasteiger partial charge in [0.1, 0.15) is 12.7 Å². The van der Waals surface area contributed by atoms with Gasteiger partial charge in [-0.1, -0.05) is 0 Å². The van der Waals surface area contributed by atoms with E-state index in [-0.39, 0.29) is 18.3 Å². The molecule has 1 saturated heterocycles. The molecule has 2 atom stereocenters.